The average Bonchev–Trinajstić information content (AvgIpc) is 2.46. The zero-order chi connectivity index (χ0) is 13.0. The maximum atomic E-state index is 9.79. The molecule has 1 unspecified atom stereocenters. The molecule has 0 aromatic heterocycles. The molecule has 0 aliphatic carbocycles. The molecule has 0 saturated carbocycles. The Morgan fingerprint density at radius 1 is 1.33 bits per heavy atom. The Morgan fingerprint density at radius 3 is 2.67 bits per heavy atom. The summed E-state index contributed by atoms with van der Waals surface area (Å²) in [6, 6.07) is 8.42. The van der Waals surface area contributed by atoms with Crippen LogP contribution < -0.4 is 4.90 Å². The van der Waals surface area contributed by atoms with Gasteiger partial charge in [-0.25, -0.2) is 0 Å². The van der Waals surface area contributed by atoms with Crippen LogP contribution in [0.5, 0.6) is 0 Å². The van der Waals surface area contributed by atoms with Crippen LogP contribution in [0.25, 0.3) is 0 Å². The number of benzene rings is 1. The Labute approximate surface area is 114 Å². The summed E-state index contributed by atoms with van der Waals surface area (Å²) < 4.78 is 0. The summed E-state index contributed by atoms with van der Waals surface area (Å²) in [4.78, 5) is 2.47. The van der Waals surface area contributed by atoms with Gasteiger partial charge in [-0.15, -0.1) is 0 Å². The molecule has 1 saturated heterocycles. The summed E-state index contributed by atoms with van der Waals surface area (Å²) in [5.74, 6) is 1.22. The Kier molecular flexibility index (Phi) is 4.95. The number of rotatable bonds is 4. The third-order valence-corrected chi connectivity index (χ3v) is 5.00. The Morgan fingerprint density at radius 2 is 2.06 bits per heavy atom. The first-order valence-electron chi connectivity index (χ1n) is 6.89. The first-order valence-corrected chi connectivity index (χ1v) is 7.94. The third kappa shape index (κ3) is 3.21. The van der Waals surface area contributed by atoms with E-state index in [1.807, 2.05) is 6.92 Å². The van der Waals surface area contributed by atoms with Crippen molar-refractivity contribution in [2.24, 2.45) is 0 Å². The fraction of sp³-hybridized carbons (Fsp3) is 0.600. The highest BCUT2D eigenvalue weighted by molar-refractivity contribution is 8.00. The van der Waals surface area contributed by atoms with Gasteiger partial charge in [-0.05, 0) is 30.5 Å². The highest BCUT2D eigenvalue weighted by Gasteiger charge is 2.19. The molecule has 1 heterocycles. The Hall–Kier alpha value is -0.670. The smallest absolute Gasteiger partial charge is 0.0787 e. The normalized spacial score (nSPS) is 21.9. The molecule has 0 bridgehead atoms. The van der Waals surface area contributed by atoms with Gasteiger partial charge in [-0.3, -0.25) is 0 Å². The molecule has 2 atom stereocenters. The minimum atomic E-state index is -0.320. The van der Waals surface area contributed by atoms with E-state index in [0.29, 0.717) is 0 Å². The molecule has 3 heteroatoms. The van der Waals surface area contributed by atoms with Gasteiger partial charge in [0, 0.05) is 29.8 Å². The van der Waals surface area contributed by atoms with Gasteiger partial charge in [0.2, 0.25) is 0 Å². The molecule has 1 aliphatic rings. The lowest BCUT2D eigenvalue weighted by Crippen LogP contribution is -2.37. The van der Waals surface area contributed by atoms with E-state index in [1.165, 1.54) is 17.9 Å². The van der Waals surface area contributed by atoms with Crippen LogP contribution in [0.3, 0.4) is 0 Å². The van der Waals surface area contributed by atoms with Gasteiger partial charge in [-0.1, -0.05) is 26.0 Å². The van der Waals surface area contributed by atoms with Crippen LogP contribution in [0.4, 0.5) is 5.69 Å². The standard InChI is InChI=1S/C15H23NOS/c1-3-14-11-16(9-10-18-14)13-7-5-12(6-8-13)15(17)4-2/h5-8,14-15,17H,3-4,9-11H2,1-2H3/t14?,15-/m1/s1. The van der Waals surface area contributed by atoms with Gasteiger partial charge in [0.1, 0.15) is 0 Å². The predicted octanol–water partition coefficient (Wildman–Crippen LogP) is 3.46. The van der Waals surface area contributed by atoms with Gasteiger partial charge < -0.3 is 10.0 Å². The highest BCUT2D eigenvalue weighted by atomic mass is 32.2. The van der Waals surface area contributed by atoms with Gasteiger partial charge in [0.05, 0.1) is 6.10 Å². The first kappa shape index (κ1) is 13.8. The zero-order valence-corrected chi connectivity index (χ0v) is 12.1. The van der Waals surface area contributed by atoms with Crippen molar-refractivity contribution in [3.8, 4) is 0 Å². The van der Waals surface area contributed by atoms with Crippen molar-refractivity contribution >= 4 is 17.4 Å². The number of aliphatic hydroxyl groups excluding tert-OH is 1. The maximum absolute atomic E-state index is 9.79. The van der Waals surface area contributed by atoms with E-state index < -0.39 is 0 Å². The molecule has 1 aromatic carbocycles. The molecule has 18 heavy (non-hydrogen) atoms. The van der Waals surface area contributed by atoms with E-state index in [-0.39, 0.29) is 6.10 Å². The lowest BCUT2D eigenvalue weighted by Gasteiger charge is -2.33. The molecule has 0 radical (unpaired) electrons. The van der Waals surface area contributed by atoms with E-state index in [2.05, 4.69) is 47.9 Å². The fourth-order valence-corrected chi connectivity index (χ4v) is 3.52. The minimum Gasteiger partial charge on any atom is -0.388 e. The Balaban J connectivity index is 2.04. The molecule has 2 nitrogen and oxygen atoms in total. The molecule has 1 aromatic rings. The van der Waals surface area contributed by atoms with Crippen LogP contribution >= 0.6 is 11.8 Å². The minimum absolute atomic E-state index is 0.320. The van der Waals surface area contributed by atoms with Crippen LogP contribution in [0.1, 0.15) is 38.4 Å². The van der Waals surface area contributed by atoms with E-state index in [9.17, 15) is 5.11 Å². The second-order valence-electron chi connectivity index (χ2n) is 4.86. The number of hydrogen-bond donors (Lipinski definition) is 1. The Bertz CT molecular complexity index is 365. The molecule has 100 valence electrons. The molecular formula is C15H23NOS. The lowest BCUT2D eigenvalue weighted by molar-refractivity contribution is 0.173. The van der Waals surface area contributed by atoms with Crippen molar-refractivity contribution in [2.75, 3.05) is 23.7 Å². The molecule has 1 N–H and O–H groups in total. The predicted molar refractivity (Wildman–Crippen MR) is 80.4 cm³/mol. The molecule has 1 aliphatic heterocycles. The average molecular weight is 265 g/mol. The molecule has 1 fully saturated rings. The monoisotopic (exact) mass is 265 g/mol. The number of thioether (sulfide) groups is 1. The number of hydrogen-bond acceptors (Lipinski definition) is 3. The van der Waals surface area contributed by atoms with E-state index in [0.717, 1.165) is 30.3 Å². The van der Waals surface area contributed by atoms with Crippen LogP contribution in [0, 0.1) is 0 Å². The van der Waals surface area contributed by atoms with E-state index >= 15 is 0 Å². The molecule has 0 spiro atoms. The van der Waals surface area contributed by atoms with Crippen LogP contribution in [0.15, 0.2) is 24.3 Å². The van der Waals surface area contributed by atoms with Gasteiger partial charge in [0.15, 0.2) is 0 Å². The summed E-state index contributed by atoms with van der Waals surface area (Å²) in [5.41, 5.74) is 2.32. The summed E-state index contributed by atoms with van der Waals surface area (Å²) in [7, 11) is 0. The number of anilines is 1. The van der Waals surface area contributed by atoms with Crippen LogP contribution in [-0.4, -0.2) is 29.2 Å². The topological polar surface area (TPSA) is 23.5 Å². The number of nitrogens with zero attached hydrogens (tertiary/aromatic N) is 1. The second kappa shape index (κ2) is 6.48. The van der Waals surface area contributed by atoms with Gasteiger partial charge >= 0.3 is 0 Å². The zero-order valence-electron chi connectivity index (χ0n) is 11.3. The van der Waals surface area contributed by atoms with Crippen molar-refractivity contribution in [3.05, 3.63) is 29.8 Å². The van der Waals surface area contributed by atoms with Crippen molar-refractivity contribution in [3.63, 3.8) is 0 Å². The summed E-state index contributed by atoms with van der Waals surface area (Å²) in [5, 5.41) is 10.6. The quantitative estimate of drug-likeness (QED) is 0.902. The van der Waals surface area contributed by atoms with Gasteiger partial charge in [-0.2, -0.15) is 11.8 Å². The maximum Gasteiger partial charge on any atom is 0.0787 e. The van der Waals surface area contributed by atoms with Crippen molar-refractivity contribution < 1.29 is 5.11 Å². The first-order chi connectivity index (χ1) is 8.74. The summed E-state index contributed by atoms with van der Waals surface area (Å²) >= 11 is 2.09. The SMILES string of the molecule is CCC1CN(c2ccc([C@H](O)CC)cc2)CCS1. The van der Waals surface area contributed by atoms with E-state index in [1.54, 1.807) is 0 Å². The van der Waals surface area contributed by atoms with Crippen LogP contribution in [-0.2, 0) is 0 Å². The molecule has 0 amide bonds. The summed E-state index contributed by atoms with van der Waals surface area (Å²) in [6.07, 6.45) is 1.70. The van der Waals surface area contributed by atoms with Crippen molar-refractivity contribution in [2.45, 2.75) is 38.0 Å². The lowest BCUT2D eigenvalue weighted by atomic mass is 10.1. The fourth-order valence-electron chi connectivity index (χ4n) is 2.34. The summed E-state index contributed by atoms with van der Waals surface area (Å²) in [6.45, 7) is 6.56. The molecular weight excluding hydrogens is 242 g/mol. The second-order valence-corrected chi connectivity index (χ2v) is 6.27. The largest absolute Gasteiger partial charge is 0.388 e. The van der Waals surface area contributed by atoms with Crippen molar-refractivity contribution in [1.29, 1.82) is 0 Å². The highest BCUT2D eigenvalue weighted by Crippen LogP contribution is 2.27. The molecule has 2 rings (SSSR count). The van der Waals surface area contributed by atoms with E-state index in [4.69, 9.17) is 0 Å². The van der Waals surface area contributed by atoms with Crippen LogP contribution in [0.2, 0.25) is 0 Å². The number of aliphatic hydroxyl groups is 1. The van der Waals surface area contributed by atoms with Gasteiger partial charge in [0.25, 0.3) is 0 Å². The van der Waals surface area contributed by atoms with Crippen molar-refractivity contribution in [1.82, 2.24) is 0 Å². The third-order valence-electron chi connectivity index (χ3n) is 3.62.